The molecule has 2 aromatic heterocycles. The van der Waals surface area contributed by atoms with E-state index < -0.39 is 18.0 Å². The van der Waals surface area contributed by atoms with Crippen LogP contribution in [0.2, 0.25) is 0 Å². The molecule has 0 spiro atoms. The molecule has 1 N–H and O–H groups in total. The number of halogens is 3. The predicted octanol–water partition coefficient (Wildman–Crippen LogP) is 4.53. The lowest BCUT2D eigenvalue weighted by molar-refractivity contribution is 0.0974. The monoisotopic (exact) mass is 437 g/mol. The van der Waals surface area contributed by atoms with Crippen LogP contribution in [0.5, 0.6) is 0 Å². The molecule has 0 atom stereocenters. The topological polar surface area (TPSA) is 63.1 Å². The van der Waals surface area contributed by atoms with E-state index >= 15 is 0 Å². The van der Waals surface area contributed by atoms with Gasteiger partial charge in [-0.05, 0) is 40.2 Å². The summed E-state index contributed by atoms with van der Waals surface area (Å²) in [6, 6.07) is 5.58. The second kappa shape index (κ2) is 7.99. The van der Waals surface area contributed by atoms with Gasteiger partial charge in [0.15, 0.2) is 5.65 Å². The Hall–Kier alpha value is -2.55. The van der Waals surface area contributed by atoms with Crippen LogP contribution in [0.1, 0.15) is 13.8 Å². The van der Waals surface area contributed by atoms with Crippen molar-refractivity contribution in [1.29, 1.82) is 0 Å². The van der Waals surface area contributed by atoms with E-state index in [2.05, 4.69) is 31.3 Å². The Morgan fingerprint density at radius 1 is 1.30 bits per heavy atom. The quantitative estimate of drug-likeness (QED) is 0.640. The van der Waals surface area contributed by atoms with E-state index in [9.17, 15) is 13.6 Å². The number of hydrogen-bond acceptors (Lipinski definition) is 3. The van der Waals surface area contributed by atoms with Crippen LogP contribution in [-0.4, -0.2) is 45.0 Å². The van der Waals surface area contributed by atoms with Crippen LogP contribution >= 0.6 is 15.9 Å². The van der Waals surface area contributed by atoms with Crippen molar-refractivity contribution in [3.05, 3.63) is 46.9 Å². The zero-order valence-electron chi connectivity index (χ0n) is 14.8. The van der Waals surface area contributed by atoms with E-state index in [0.717, 1.165) is 9.86 Å². The Bertz CT molecular complexity index is 972. The molecular weight excluding hydrogens is 420 g/mol. The fourth-order valence-corrected chi connectivity index (χ4v) is 2.92. The first-order valence-corrected chi connectivity index (χ1v) is 9.30. The predicted molar refractivity (Wildman–Crippen MR) is 103 cm³/mol. The highest BCUT2D eigenvalue weighted by molar-refractivity contribution is 9.10. The second-order valence-electron chi connectivity index (χ2n) is 5.74. The molecule has 0 bridgehead atoms. The number of benzene rings is 1. The highest BCUT2D eigenvalue weighted by Gasteiger charge is 2.30. The Morgan fingerprint density at radius 3 is 2.74 bits per heavy atom. The van der Waals surface area contributed by atoms with Crippen LogP contribution < -0.4 is 5.32 Å². The zero-order chi connectivity index (χ0) is 19.6. The van der Waals surface area contributed by atoms with Gasteiger partial charge in [-0.25, -0.2) is 23.2 Å². The van der Waals surface area contributed by atoms with Gasteiger partial charge in [0.25, 0.3) is 0 Å². The van der Waals surface area contributed by atoms with Gasteiger partial charge < -0.3 is 10.2 Å². The summed E-state index contributed by atoms with van der Waals surface area (Å²) in [5.41, 5.74) is 1.06. The van der Waals surface area contributed by atoms with E-state index in [4.69, 9.17) is 0 Å². The number of likely N-dealkylation sites (tertiary alicyclic amines) is 1. The number of fused-ring (bicyclic) bond motifs is 1. The molecule has 4 rings (SSSR count). The third kappa shape index (κ3) is 4.08. The van der Waals surface area contributed by atoms with Crippen molar-refractivity contribution >= 4 is 38.7 Å². The molecule has 9 heteroatoms. The number of amides is 2. The van der Waals surface area contributed by atoms with Crippen LogP contribution in [0.15, 0.2) is 41.1 Å². The lowest BCUT2D eigenvalue weighted by Crippen LogP contribution is -2.53. The molecule has 3 heterocycles. The van der Waals surface area contributed by atoms with Gasteiger partial charge in [0, 0.05) is 27.9 Å². The SMILES string of the molecule is CC.O=C(Nc1ccc(F)c(-n2cc3cc(Br)cnc3n2)c1)N1CC(F)C1. The minimum Gasteiger partial charge on any atom is -0.319 e. The second-order valence-corrected chi connectivity index (χ2v) is 6.65. The molecule has 27 heavy (non-hydrogen) atoms. The number of aromatic nitrogens is 3. The Morgan fingerprint density at radius 2 is 2.04 bits per heavy atom. The number of hydrogen-bond donors (Lipinski definition) is 1. The van der Waals surface area contributed by atoms with E-state index in [-0.39, 0.29) is 18.8 Å². The molecule has 1 aliphatic rings. The van der Waals surface area contributed by atoms with Gasteiger partial charge in [0.2, 0.25) is 0 Å². The molecule has 0 aliphatic carbocycles. The number of rotatable bonds is 2. The number of pyridine rings is 1. The van der Waals surface area contributed by atoms with Crippen molar-refractivity contribution in [2.45, 2.75) is 20.0 Å². The van der Waals surface area contributed by atoms with Gasteiger partial charge in [-0.15, -0.1) is 5.10 Å². The summed E-state index contributed by atoms with van der Waals surface area (Å²) in [5.74, 6) is -0.488. The van der Waals surface area contributed by atoms with E-state index in [1.54, 1.807) is 12.4 Å². The molecule has 1 aliphatic heterocycles. The number of anilines is 1. The highest BCUT2D eigenvalue weighted by atomic mass is 79.9. The van der Waals surface area contributed by atoms with Gasteiger partial charge in [-0.1, -0.05) is 13.8 Å². The van der Waals surface area contributed by atoms with Gasteiger partial charge in [-0.2, -0.15) is 0 Å². The normalized spacial score (nSPS) is 13.7. The van der Waals surface area contributed by atoms with Crippen molar-refractivity contribution in [1.82, 2.24) is 19.7 Å². The Labute approximate surface area is 163 Å². The highest BCUT2D eigenvalue weighted by Crippen LogP contribution is 2.23. The molecule has 1 saturated heterocycles. The largest absolute Gasteiger partial charge is 0.322 e. The maximum atomic E-state index is 14.2. The van der Waals surface area contributed by atoms with Gasteiger partial charge in [-0.3, -0.25) is 0 Å². The number of urea groups is 1. The minimum absolute atomic E-state index is 0.0744. The number of nitrogens with zero attached hydrogens (tertiary/aromatic N) is 4. The van der Waals surface area contributed by atoms with Crippen molar-refractivity contribution in [3.8, 4) is 5.69 Å². The molecule has 2 amide bonds. The van der Waals surface area contributed by atoms with Crippen molar-refractivity contribution < 1.29 is 13.6 Å². The molecule has 1 aromatic carbocycles. The number of carbonyl (C=O) groups excluding carboxylic acids is 1. The molecule has 1 fully saturated rings. The van der Waals surface area contributed by atoms with Crippen molar-refractivity contribution in [2.75, 3.05) is 18.4 Å². The summed E-state index contributed by atoms with van der Waals surface area (Å²) in [6.45, 7) is 4.15. The van der Waals surface area contributed by atoms with Gasteiger partial charge in [0.05, 0.1) is 13.1 Å². The van der Waals surface area contributed by atoms with Crippen LogP contribution in [0.3, 0.4) is 0 Å². The smallest absolute Gasteiger partial charge is 0.319 e. The molecule has 142 valence electrons. The molecule has 3 aromatic rings. The third-order valence-electron chi connectivity index (χ3n) is 3.89. The number of carbonyl (C=O) groups is 1. The molecular formula is C18H18BrF2N5O. The maximum absolute atomic E-state index is 14.2. The van der Waals surface area contributed by atoms with Crippen LogP contribution in [0.25, 0.3) is 16.7 Å². The fourth-order valence-electron chi connectivity index (χ4n) is 2.57. The summed E-state index contributed by atoms with van der Waals surface area (Å²) < 4.78 is 29.2. The first-order chi connectivity index (χ1) is 13.0. The average molecular weight is 438 g/mol. The summed E-state index contributed by atoms with van der Waals surface area (Å²) in [5, 5.41) is 7.63. The summed E-state index contributed by atoms with van der Waals surface area (Å²) >= 11 is 3.33. The lowest BCUT2D eigenvalue weighted by Gasteiger charge is -2.34. The third-order valence-corrected chi connectivity index (χ3v) is 4.33. The standard InChI is InChI=1S/C16H12BrF2N5O.C2H6/c17-10-3-9-6-24(22-15(9)20-5-10)14-4-12(1-2-13(14)19)21-16(25)23-7-11(18)8-23;1-2/h1-6,11H,7-8H2,(H,21,25);1-2H3. The van der Waals surface area contributed by atoms with Crippen molar-refractivity contribution in [2.24, 2.45) is 0 Å². The summed E-state index contributed by atoms with van der Waals surface area (Å²) in [4.78, 5) is 17.5. The minimum atomic E-state index is -0.974. The van der Waals surface area contributed by atoms with Gasteiger partial charge >= 0.3 is 6.03 Å². The summed E-state index contributed by atoms with van der Waals surface area (Å²) in [6.07, 6.45) is 2.29. The Balaban J connectivity index is 0.00000102. The maximum Gasteiger partial charge on any atom is 0.322 e. The zero-order valence-corrected chi connectivity index (χ0v) is 16.4. The van der Waals surface area contributed by atoms with Crippen LogP contribution in [0.4, 0.5) is 19.3 Å². The molecule has 0 unspecified atom stereocenters. The number of nitrogens with one attached hydrogen (secondary N) is 1. The molecule has 0 radical (unpaired) electrons. The van der Waals surface area contributed by atoms with Gasteiger partial charge in [0.1, 0.15) is 17.7 Å². The lowest BCUT2D eigenvalue weighted by atomic mass is 10.2. The molecule has 6 nitrogen and oxygen atoms in total. The fraction of sp³-hybridized carbons (Fsp3) is 0.278. The van der Waals surface area contributed by atoms with E-state index in [1.165, 1.54) is 27.8 Å². The van der Waals surface area contributed by atoms with Crippen LogP contribution in [0, 0.1) is 5.82 Å². The summed E-state index contributed by atoms with van der Waals surface area (Å²) in [7, 11) is 0. The van der Waals surface area contributed by atoms with Crippen LogP contribution in [-0.2, 0) is 0 Å². The van der Waals surface area contributed by atoms with E-state index in [1.807, 2.05) is 19.9 Å². The van der Waals surface area contributed by atoms with Crippen molar-refractivity contribution in [3.63, 3.8) is 0 Å². The molecule has 0 saturated carbocycles. The Kier molecular flexibility index (Phi) is 5.69. The first-order valence-electron chi connectivity index (χ1n) is 8.50. The van der Waals surface area contributed by atoms with E-state index in [0.29, 0.717) is 11.3 Å². The number of alkyl halides is 1. The first kappa shape index (κ1) is 19.2. The average Bonchev–Trinajstić information content (AvgIpc) is 3.05.